The van der Waals surface area contributed by atoms with Crippen LogP contribution in [0.5, 0.6) is 11.6 Å². The minimum Gasteiger partial charge on any atom is -0.436 e. The van der Waals surface area contributed by atoms with Crippen molar-refractivity contribution in [3.8, 4) is 17.7 Å². The van der Waals surface area contributed by atoms with Gasteiger partial charge in [-0.2, -0.15) is 9.65 Å². The van der Waals surface area contributed by atoms with E-state index in [0.29, 0.717) is 0 Å². The minimum atomic E-state index is -1.29. The molecule has 0 saturated carbocycles. The molecule has 94 valence electrons. The van der Waals surface area contributed by atoms with Gasteiger partial charge in [-0.05, 0) is 18.2 Å². The smallest absolute Gasteiger partial charge is 0.220 e. The fourth-order valence-electron chi connectivity index (χ4n) is 1.36. The second-order valence-corrected chi connectivity index (χ2v) is 3.47. The second kappa shape index (κ2) is 5.23. The van der Waals surface area contributed by atoms with Crippen molar-refractivity contribution in [3.63, 3.8) is 0 Å². The molecule has 1 heterocycles. The number of hydrogen-bond acceptors (Lipinski definition) is 4. The third-order valence-electron chi connectivity index (χ3n) is 2.26. The number of rotatable bonds is 3. The number of nitrogens with zero attached hydrogens (tertiary/aromatic N) is 2. The molecule has 0 aliphatic carbocycles. The van der Waals surface area contributed by atoms with Gasteiger partial charge in [-0.3, -0.25) is 4.79 Å². The van der Waals surface area contributed by atoms with Crippen LogP contribution in [0.4, 0.5) is 8.78 Å². The van der Waals surface area contributed by atoms with Gasteiger partial charge < -0.3 is 4.74 Å². The summed E-state index contributed by atoms with van der Waals surface area (Å²) in [6, 6.07) is 8.33. The maximum atomic E-state index is 13.6. The van der Waals surface area contributed by atoms with Gasteiger partial charge in [0.2, 0.25) is 11.7 Å². The van der Waals surface area contributed by atoms with Gasteiger partial charge in [0.05, 0.1) is 5.56 Å². The van der Waals surface area contributed by atoms with Crippen molar-refractivity contribution in [1.82, 2.24) is 4.98 Å². The van der Waals surface area contributed by atoms with Crippen LogP contribution in [0.1, 0.15) is 16.1 Å². The first kappa shape index (κ1) is 12.6. The molecule has 0 aliphatic rings. The highest BCUT2D eigenvalue weighted by atomic mass is 19.2. The lowest BCUT2D eigenvalue weighted by molar-refractivity contribution is 0.111. The van der Waals surface area contributed by atoms with Crippen molar-refractivity contribution in [2.75, 3.05) is 0 Å². The number of pyridine rings is 1. The molecule has 2 rings (SSSR count). The zero-order valence-corrected chi connectivity index (χ0v) is 9.43. The van der Waals surface area contributed by atoms with Crippen molar-refractivity contribution in [2.45, 2.75) is 0 Å². The summed E-state index contributed by atoms with van der Waals surface area (Å²) >= 11 is 0. The predicted octanol–water partition coefficient (Wildman–Crippen LogP) is 2.84. The molecule has 0 bridgehead atoms. The Morgan fingerprint density at radius 2 is 2.00 bits per heavy atom. The number of aldehydes is 1. The van der Waals surface area contributed by atoms with Gasteiger partial charge in [-0.15, -0.1) is 0 Å². The molecule has 1 aromatic heterocycles. The molecule has 0 amide bonds. The molecule has 0 N–H and O–H groups in total. The van der Waals surface area contributed by atoms with Gasteiger partial charge in [-0.25, -0.2) is 9.37 Å². The van der Waals surface area contributed by atoms with Crippen LogP contribution in [0.25, 0.3) is 0 Å². The molecular formula is C13H6F2N2O2. The first-order valence-corrected chi connectivity index (χ1v) is 5.14. The van der Waals surface area contributed by atoms with E-state index in [0.717, 1.165) is 12.1 Å². The zero-order valence-electron chi connectivity index (χ0n) is 9.43. The topological polar surface area (TPSA) is 63.0 Å². The van der Waals surface area contributed by atoms with Crippen LogP contribution in [-0.4, -0.2) is 11.3 Å². The van der Waals surface area contributed by atoms with Gasteiger partial charge in [0.25, 0.3) is 0 Å². The fraction of sp³-hybridized carbons (Fsp3) is 0. The summed E-state index contributed by atoms with van der Waals surface area (Å²) in [5.41, 5.74) is -0.313. The number of carbonyl (C=O) groups is 1. The van der Waals surface area contributed by atoms with Gasteiger partial charge in [0.15, 0.2) is 17.9 Å². The van der Waals surface area contributed by atoms with Crippen LogP contribution in [-0.2, 0) is 0 Å². The molecule has 0 fully saturated rings. The number of nitriles is 1. The zero-order chi connectivity index (χ0) is 13.8. The largest absolute Gasteiger partial charge is 0.436 e. The molecule has 6 heteroatoms. The maximum Gasteiger partial charge on any atom is 0.220 e. The summed E-state index contributed by atoms with van der Waals surface area (Å²) in [6.07, 6.45) is 0.205. The Kier molecular flexibility index (Phi) is 3.48. The highest BCUT2D eigenvalue weighted by molar-refractivity contribution is 5.75. The summed E-state index contributed by atoms with van der Waals surface area (Å²) in [5.74, 6) is -3.03. The molecule has 1 aromatic carbocycles. The molecule has 0 radical (unpaired) electrons. The van der Waals surface area contributed by atoms with Crippen molar-refractivity contribution >= 4 is 6.29 Å². The van der Waals surface area contributed by atoms with Crippen LogP contribution >= 0.6 is 0 Å². The number of aromatic nitrogens is 1. The van der Waals surface area contributed by atoms with Crippen LogP contribution in [0, 0.1) is 23.0 Å². The molecule has 2 aromatic rings. The first-order chi connectivity index (χ1) is 9.15. The Hall–Kier alpha value is -2.81. The summed E-state index contributed by atoms with van der Waals surface area (Å²) in [7, 11) is 0. The lowest BCUT2D eigenvalue weighted by Gasteiger charge is -2.07. The Balaban J connectivity index is 2.36. The highest BCUT2D eigenvalue weighted by Crippen LogP contribution is 2.26. The average Bonchev–Trinajstić information content (AvgIpc) is 2.44. The van der Waals surface area contributed by atoms with E-state index in [2.05, 4.69) is 4.98 Å². The van der Waals surface area contributed by atoms with E-state index in [4.69, 9.17) is 10.00 Å². The summed E-state index contributed by atoms with van der Waals surface area (Å²) in [4.78, 5) is 14.2. The van der Waals surface area contributed by atoms with Gasteiger partial charge in [0.1, 0.15) is 11.8 Å². The molecule has 0 aliphatic heterocycles. The number of hydrogen-bond donors (Lipinski definition) is 0. The standard InChI is InChI=1S/C13H6F2N2O2/c14-12-8(7-18)4-5-10(13(12)15)19-11-3-1-2-9(6-16)17-11/h1-5,7H. The van der Waals surface area contributed by atoms with Gasteiger partial charge >= 0.3 is 0 Å². The van der Waals surface area contributed by atoms with E-state index in [1.165, 1.54) is 18.2 Å². The van der Waals surface area contributed by atoms with Gasteiger partial charge in [-0.1, -0.05) is 6.07 Å². The minimum absolute atomic E-state index is 0.0452. The Bertz CT molecular complexity index is 681. The Labute approximate surface area is 106 Å². The summed E-state index contributed by atoms with van der Waals surface area (Å²) < 4.78 is 32.0. The highest BCUT2D eigenvalue weighted by Gasteiger charge is 2.15. The monoisotopic (exact) mass is 260 g/mol. The van der Waals surface area contributed by atoms with Crippen molar-refractivity contribution in [2.24, 2.45) is 0 Å². The molecular weight excluding hydrogens is 254 g/mol. The maximum absolute atomic E-state index is 13.6. The third-order valence-corrected chi connectivity index (χ3v) is 2.26. The van der Waals surface area contributed by atoms with E-state index in [1.54, 1.807) is 6.07 Å². The SMILES string of the molecule is N#Cc1cccc(Oc2ccc(C=O)c(F)c2F)n1. The number of carbonyl (C=O) groups excluding carboxylic acids is 1. The first-order valence-electron chi connectivity index (χ1n) is 5.14. The average molecular weight is 260 g/mol. The number of benzene rings is 1. The van der Waals surface area contributed by atoms with Crippen LogP contribution in [0.15, 0.2) is 30.3 Å². The number of ether oxygens (including phenoxy) is 1. The third kappa shape index (κ3) is 2.55. The molecule has 0 spiro atoms. The molecule has 0 atom stereocenters. The molecule has 0 saturated heterocycles. The van der Waals surface area contributed by atoms with E-state index in [9.17, 15) is 13.6 Å². The Morgan fingerprint density at radius 3 is 2.68 bits per heavy atom. The molecule has 4 nitrogen and oxygen atoms in total. The molecule has 0 unspecified atom stereocenters. The van der Waals surface area contributed by atoms with Crippen molar-refractivity contribution < 1.29 is 18.3 Å². The van der Waals surface area contributed by atoms with Crippen LogP contribution in [0.2, 0.25) is 0 Å². The fourth-order valence-corrected chi connectivity index (χ4v) is 1.36. The summed E-state index contributed by atoms with van der Waals surface area (Å²) in [5, 5.41) is 8.65. The van der Waals surface area contributed by atoms with Crippen molar-refractivity contribution in [3.05, 3.63) is 53.2 Å². The quantitative estimate of drug-likeness (QED) is 0.796. The van der Waals surface area contributed by atoms with Crippen LogP contribution in [0.3, 0.4) is 0 Å². The van der Waals surface area contributed by atoms with E-state index in [-0.39, 0.29) is 17.9 Å². The van der Waals surface area contributed by atoms with Crippen molar-refractivity contribution in [1.29, 1.82) is 5.26 Å². The summed E-state index contributed by atoms with van der Waals surface area (Å²) in [6.45, 7) is 0. The normalized spacial score (nSPS) is 9.74. The van der Waals surface area contributed by atoms with E-state index < -0.39 is 22.9 Å². The number of halogens is 2. The van der Waals surface area contributed by atoms with E-state index >= 15 is 0 Å². The second-order valence-electron chi connectivity index (χ2n) is 3.47. The van der Waals surface area contributed by atoms with Crippen LogP contribution < -0.4 is 4.74 Å². The van der Waals surface area contributed by atoms with Gasteiger partial charge in [0, 0.05) is 6.07 Å². The lowest BCUT2D eigenvalue weighted by atomic mass is 10.2. The predicted molar refractivity (Wildman–Crippen MR) is 60.8 cm³/mol. The Morgan fingerprint density at radius 1 is 1.21 bits per heavy atom. The lowest BCUT2D eigenvalue weighted by Crippen LogP contribution is -1.98. The molecule has 19 heavy (non-hydrogen) atoms. The van der Waals surface area contributed by atoms with E-state index in [1.807, 2.05) is 0 Å².